The number of nitrogens with zero attached hydrogens (tertiary/aromatic N) is 2. The van der Waals surface area contributed by atoms with Gasteiger partial charge in [0.1, 0.15) is 0 Å². The molecule has 0 bridgehead atoms. The van der Waals surface area contributed by atoms with Gasteiger partial charge < -0.3 is 0 Å². The van der Waals surface area contributed by atoms with Crippen LogP contribution in [0.2, 0.25) is 10.2 Å². The van der Waals surface area contributed by atoms with E-state index in [0.29, 0.717) is 16.1 Å². The van der Waals surface area contributed by atoms with Crippen molar-refractivity contribution in [2.24, 2.45) is 0 Å². The zero-order chi connectivity index (χ0) is 11.8. The fourth-order valence-electron chi connectivity index (χ4n) is 1.80. The smallest absolute Gasteiger partial charge is 0.154 e. The van der Waals surface area contributed by atoms with E-state index < -0.39 is 0 Å². The lowest BCUT2D eigenvalue weighted by Crippen LogP contribution is -1.93. The van der Waals surface area contributed by atoms with Gasteiger partial charge in [-0.05, 0) is 36.6 Å². The Balaban J connectivity index is 2.05. The number of hydrogen-bond acceptors (Lipinski definition) is 2. The zero-order valence-electron chi connectivity index (χ0n) is 9.03. The van der Waals surface area contributed by atoms with Crippen LogP contribution in [0.15, 0.2) is 30.3 Å². The van der Waals surface area contributed by atoms with E-state index in [1.54, 1.807) is 0 Å². The van der Waals surface area contributed by atoms with Gasteiger partial charge in [0.2, 0.25) is 0 Å². The summed E-state index contributed by atoms with van der Waals surface area (Å²) in [4.78, 5) is 0. The molecule has 2 aromatic rings. The molecular weight excluding hydrogens is 255 g/mol. The number of benzene rings is 1. The van der Waals surface area contributed by atoms with Crippen molar-refractivity contribution in [3.63, 3.8) is 0 Å². The maximum Gasteiger partial charge on any atom is 0.159 e. The summed E-state index contributed by atoms with van der Waals surface area (Å²) in [6.45, 7) is 0. The van der Waals surface area contributed by atoms with Gasteiger partial charge in [0.05, 0.1) is 5.69 Å². The van der Waals surface area contributed by atoms with Crippen LogP contribution in [0.1, 0.15) is 24.5 Å². The number of aromatic nitrogens is 2. The Morgan fingerprint density at radius 2 is 1.71 bits per heavy atom. The predicted molar refractivity (Wildman–Crippen MR) is 69.5 cm³/mol. The van der Waals surface area contributed by atoms with Crippen LogP contribution in [0, 0.1) is 0 Å². The molecule has 1 saturated carbocycles. The van der Waals surface area contributed by atoms with Crippen LogP contribution >= 0.6 is 23.2 Å². The van der Waals surface area contributed by atoms with Crippen LogP contribution in [0.5, 0.6) is 0 Å². The molecule has 2 nitrogen and oxygen atoms in total. The van der Waals surface area contributed by atoms with E-state index in [0.717, 1.165) is 16.8 Å². The van der Waals surface area contributed by atoms with Crippen LogP contribution in [0.4, 0.5) is 0 Å². The zero-order valence-corrected chi connectivity index (χ0v) is 10.5. The molecule has 1 aliphatic carbocycles. The first-order chi connectivity index (χ1) is 8.24. The quantitative estimate of drug-likeness (QED) is 0.807. The van der Waals surface area contributed by atoms with E-state index in [9.17, 15) is 0 Å². The van der Waals surface area contributed by atoms with Gasteiger partial charge in [-0.15, -0.1) is 5.10 Å². The molecule has 86 valence electrons. The van der Waals surface area contributed by atoms with Crippen LogP contribution in [-0.2, 0) is 0 Å². The first kappa shape index (κ1) is 11.0. The Labute approximate surface area is 110 Å². The Bertz CT molecular complexity index is 548. The lowest BCUT2D eigenvalue weighted by atomic mass is 10.1. The Hall–Kier alpha value is -1.12. The largest absolute Gasteiger partial charge is 0.159 e. The molecule has 1 aromatic heterocycles. The fraction of sp³-hybridized carbons (Fsp3) is 0.231. The molecular formula is C13H10Cl2N2. The fourth-order valence-corrected chi connectivity index (χ4v) is 2.13. The number of halogens is 2. The molecule has 1 aliphatic rings. The van der Waals surface area contributed by atoms with E-state index in [1.807, 2.05) is 30.3 Å². The summed E-state index contributed by atoms with van der Waals surface area (Å²) in [5, 5.41) is 9.32. The summed E-state index contributed by atoms with van der Waals surface area (Å²) in [7, 11) is 0. The lowest BCUT2D eigenvalue weighted by molar-refractivity contribution is 0.912. The average molecular weight is 265 g/mol. The molecule has 1 heterocycles. The molecule has 1 fully saturated rings. The van der Waals surface area contributed by atoms with E-state index >= 15 is 0 Å². The van der Waals surface area contributed by atoms with Gasteiger partial charge in [0.25, 0.3) is 0 Å². The minimum atomic E-state index is 0.441. The monoisotopic (exact) mass is 264 g/mol. The molecule has 1 aromatic carbocycles. The second-order valence-electron chi connectivity index (χ2n) is 4.25. The van der Waals surface area contributed by atoms with Crippen molar-refractivity contribution >= 4 is 23.2 Å². The van der Waals surface area contributed by atoms with E-state index in [-0.39, 0.29) is 0 Å². The highest BCUT2D eigenvalue weighted by Crippen LogP contribution is 2.40. The summed E-state index contributed by atoms with van der Waals surface area (Å²) in [6, 6.07) is 9.63. The third kappa shape index (κ3) is 2.28. The molecule has 0 radical (unpaired) electrons. The molecule has 0 aliphatic heterocycles. The Morgan fingerprint density at radius 1 is 1.00 bits per heavy atom. The van der Waals surface area contributed by atoms with Gasteiger partial charge in [0, 0.05) is 16.5 Å². The highest BCUT2D eigenvalue weighted by molar-refractivity contribution is 6.32. The normalized spacial score (nSPS) is 14.9. The van der Waals surface area contributed by atoms with E-state index in [1.165, 1.54) is 12.8 Å². The summed E-state index contributed by atoms with van der Waals surface area (Å²) in [5.74, 6) is 0.575. The minimum Gasteiger partial charge on any atom is -0.154 e. The SMILES string of the molecule is Clc1ccc(-c2cc(C3CC3)nnc2Cl)cc1. The van der Waals surface area contributed by atoms with Crippen molar-refractivity contribution in [2.45, 2.75) is 18.8 Å². The molecule has 0 spiro atoms. The summed E-state index contributed by atoms with van der Waals surface area (Å²) in [6.07, 6.45) is 2.41. The van der Waals surface area contributed by atoms with Crippen LogP contribution in [-0.4, -0.2) is 10.2 Å². The molecule has 0 saturated heterocycles. The standard InChI is InChI=1S/C13H10Cl2N2/c14-10-5-3-8(4-6-10)11-7-12(9-1-2-9)16-17-13(11)15/h3-7,9H,1-2H2. The first-order valence-corrected chi connectivity index (χ1v) is 6.28. The number of rotatable bonds is 2. The van der Waals surface area contributed by atoms with Gasteiger partial charge >= 0.3 is 0 Å². The maximum absolute atomic E-state index is 6.09. The summed E-state index contributed by atoms with van der Waals surface area (Å²) >= 11 is 12.0. The minimum absolute atomic E-state index is 0.441. The molecule has 3 rings (SSSR count). The van der Waals surface area contributed by atoms with Gasteiger partial charge in [-0.1, -0.05) is 35.3 Å². The van der Waals surface area contributed by atoms with Gasteiger partial charge in [0.15, 0.2) is 5.15 Å². The Morgan fingerprint density at radius 3 is 2.35 bits per heavy atom. The molecule has 0 unspecified atom stereocenters. The van der Waals surface area contributed by atoms with Gasteiger partial charge in [-0.3, -0.25) is 0 Å². The highest BCUT2D eigenvalue weighted by Gasteiger charge is 2.26. The van der Waals surface area contributed by atoms with Crippen molar-refractivity contribution < 1.29 is 0 Å². The molecule has 0 atom stereocenters. The predicted octanol–water partition coefficient (Wildman–Crippen LogP) is 4.33. The molecule has 0 amide bonds. The van der Waals surface area contributed by atoms with Crippen LogP contribution < -0.4 is 0 Å². The molecule has 0 N–H and O–H groups in total. The highest BCUT2D eigenvalue weighted by atomic mass is 35.5. The van der Waals surface area contributed by atoms with Crippen molar-refractivity contribution in [3.05, 3.63) is 46.2 Å². The van der Waals surface area contributed by atoms with Gasteiger partial charge in [-0.25, -0.2) is 0 Å². The van der Waals surface area contributed by atoms with Crippen molar-refractivity contribution in [2.75, 3.05) is 0 Å². The molecule has 17 heavy (non-hydrogen) atoms. The second-order valence-corrected chi connectivity index (χ2v) is 5.05. The number of hydrogen-bond donors (Lipinski definition) is 0. The van der Waals surface area contributed by atoms with Crippen molar-refractivity contribution in [1.29, 1.82) is 0 Å². The average Bonchev–Trinajstić information content (AvgIpc) is 3.15. The topological polar surface area (TPSA) is 25.8 Å². The Kier molecular flexibility index (Phi) is 2.77. The van der Waals surface area contributed by atoms with E-state index in [2.05, 4.69) is 10.2 Å². The summed E-state index contributed by atoms with van der Waals surface area (Å²) < 4.78 is 0. The van der Waals surface area contributed by atoms with Gasteiger partial charge in [-0.2, -0.15) is 5.10 Å². The maximum atomic E-state index is 6.09. The third-order valence-electron chi connectivity index (χ3n) is 2.92. The first-order valence-electron chi connectivity index (χ1n) is 5.53. The summed E-state index contributed by atoms with van der Waals surface area (Å²) in [5.41, 5.74) is 3.00. The third-order valence-corrected chi connectivity index (χ3v) is 3.45. The second kappa shape index (κ2) is 4.28. The van der Waals surface area contributed by atoms with Crippen molar-refractivity contribution in [3.8, 4) is 11.1 Å². The van der Waals surface area contributed by atoms with E-state index in [4.69, 9.17) is 23.2 Å². The van der Waals surface area contributed by atoms with Crippen molar-refractivity contribution in [1.82, 2.24) is 10.2 Å². The van der Waals surface area contributed by atoms with Crippen LogP contribution in [0.3, 0.4) is 0 Å². The van der Waals surface area contributed by atoms with Crippen LogP contribution in [0.25, 0.3) is 11.1 Å². The molecule has 4 heteroatoms. The lowest BCUT2D eigenvalue weighted by Gasteiger charge is -2.05.